The topological polar surface area (TPSA) is 81.2 Å². The number of carbonyl (C=O) groups excluding carboxylic acids is 2. The molecule has 1 amide bonds. The smallest absolute Gasteiger partial charge is 0.331 e. The van der Waals surface area contributed by atoms with Crippen molar-refractivity contribution in [3.8, 4) is 0 Å². The van der Waals surface area contributed by atoms with E-state index in [1.54, 1.807) is 24.4 Å². The minimum atomic E-state index is -0.996. The van der Waals surface area contributed by atoms with Crippen molar-refractivity contribution in [2.24, 2.45) is 0 Å². The van der Waals surface area contributed by atoms with Crippen LogP contribution < -0.4 is 5.32 Å². The molecular weight excluding hydrogens is 366 g/mol. The number of pyridine rings is 2. The van der Waals surface area contributed by atoms with Crippen molar-refractivity contribution in [3.05, 3.63) is 71.7 Å². The lowest BCUT2D eigenvalue weighted by atomic mass is 10.1. The van der Waals surface area contributed by atoms with E-state index in [1.807, 2.05) is 30.3 Å². The van der Waals surface area contributed by atoms with E-state index in [1.165, 1.54) is 19.2 Å². The lowest BCUT2D eigenvalue weighted by Crippen LogP contribution is -2.29. The Bertz CT molecular complexity index is 1010. The van der Waals surface area contributed by atoms with E-state index in [2.05, 4.69) is 15.3 Å². The summed E-state index contributed by atoms with van der Waals surface area (Å²) in [5, 5.41) is 3.70. The molecule has 136 valence electrons. The van der Waals surface area contributed by atoms with Crippen LogP contribution in [0.2, 0.25) is 5.15 Å². The van der Waals surface area contributed by atoms with Gasteiger partial charge in [-0.3, -0.25) is 9.78 Å². The number of nitrogens with zero attached hydrogens (tertiary/aromatic N) is 2. The lowest BCUT2D eigenvalue weighted by molar-refractivity contribution is -0.148. The molecule has 0 aliphatic rings. The third-order valence-corrected chi connectivity index (χ3v) is 4.04. The number of fused-ring (bicyclic) bond motifs is 1. The van der Waals surface area contributed by atoms with Gasteiger partial charge in [0.2, 0.25) is 0 Å². The molecule has 0 aliphatic heterocycles. The Morgan fingerprint density at radius 1 is 1.11 bits per heavy atom. The number of anilines is 1. The molecule has 1 N–H and O–H groups in total. The molecule has 0 saturated carbocycles. The average molecular weight is 382 g/mol. The van der Waals surface area contributed by atoms with Gasteiger partial charge in [0, 0.05) is 29.4 Å². The highest BCUT2D eigenvalue weighted by molar-refractivity contribution is 6.32. The molecule has 3 aromatic rings. The van der Waals surface area contributed by atoms with E-state index in [4.69, 9.17) is 16.3 Å². The van der Waals surface area contributed by atoms with Gasteiger partial charge in [-0.15, -0.1) is 0 Å². The first kappa shape index (κ1) is 18.5. The Morgan fingerprint density at radius 2 is 1.85 bits per heavy atom. The summed E-state index contributed by atoms with van der Waals surface area (Å²) >= 11 is 5.89. The molecule has 7 heteroatoms. The number of benzene rings is 1. The molecule has 27 heavy (non-hydrogen) atoms. The second-order valence-corrected chi connectivity index (χ2v) is 6.02. The quantitative estimate of drug-likeness (QED) is 0.412. The van der Waals surface area contributed by atoms with Crippen LogP contribution in [0.1, 0.15) is 12.5 Å². The van der Waals surface area contributed by atoms with Crippen LogP contribution in [-0.2, 0) is 14.3 Å². The Hall–Kier alpha value is -3.25. The largest absolute Gasteiger partial charge is 0.449 e. The summed E-state index contributed by atoms with van der Waals surface area (Å²) in [6, 6.07) is 12.7. The van der Waals surface area contributed by atoms with E-state index in [-0.39, 0.29) is 5.15 Å². The van der Waals surface area contributed by atoms with E-state index in [0.29, 0.717) is 5.69 Å². The molecule has 0 unspecified atom stereocenters. The number of amides is 1. The molecule has 2 aromatic heterocycles. The van der Waals surface area contributed by atoms with Gasteiger partial charge in [0.25, 0.3) is 5.91 Å². The summed E-state index contributed by atoms with van der Waals surface area (Å²) in [7, 11) is 0. The highest BCUT2D eigenvalue weighted by Gasteiger charge is 2.17. The predicted molar refractivity (Wildman–Crippen MR) is 104 cm³/mol. The van der Waals surface area contributed by atoms with E-state index in [9.17, 15) is 9.59 Å². The van der Waals surface area contributed by atoms with Gasteiger partial charge in [-0.25, -0.2) is 9.78 Å². The third kappa shape index (κ3) is 4.68. The summed E-state index contributed by atoms with van der Waals surface area (Å²) in [6.45, 7) is 1.48. The highest BCUT2D eigenvalue weighted by atomic mass is 35.5. The van der Waals surface area contributed by atoms with Crippen LogP contribution in [0.4, 0.5) is 5.69 Å². The summed E-state index contributed by atoms with van der Waals surface area (Å²) < 4.78 is 5.14. The normalized spacial score (nSPS) is 12.1. The third-order valence-electron chi connectivity index (χ3n) is 3.74. The standard InChI is InChI=1S/C20H16ClN3O3/c1-13(20(26)24-16-8-4-12-23-19(16)21)27-17(25)10-9-15-6-2-5-14-7-3-11-22-18(14)15/h2-13H,1H3,(H,24,26)/b10-9+/t13-/m1/s1. The van der Waals surface area contributed by atoms with E-state index >= 15 is 0 Å². The van der Waals surface area contributed by atoms with Gasteiger partial charge in [-0.2, -0.15) is 0 Å². The first-order chi connectivity index (χ1) is 13.0. The van der Waals surface area contributed by atoms with Crippen LogP contribution in [0.5, 0.6) is 0 Å². The van der Waals surface area contributed by atoms with Gasteiger partial charge in [-0.1, -0.05) is 35.9 Å². The summed E-state index contributed by atoms with van der Waals surface area (Å²) in [6.07, 6.45) is 5.08. The van der Waals surface area contributed by atoms with Crippen LogP contribution in [0.15, 0.2) is 60.9 Å². The minimum absolute atomic E-state index is 0.160. The number of esters is 1. The summed E-state index contributed by atoms with van der Waals surface area (Å²) in [5.41, 5.74) is 1.91. The Morgan fingerprint density at radius 3 is 2.67 bits per heavy atom. The molecule has 3 rings (SSSR count). The zero-order valence-electron chi connectivity index (χ0n) is 14.4. The minimum Gasteiger partial charge on any atom is -0.449 e. The number of para-hydroxylation sites is 1. The second kappa shape index (κ2) is 8.42. The zero-order valence-corrected chi connectivity index (χ0v) is 15.2. The average Bonchev–Trinajstić information content (AvgIpc) is 2.68. The van der Waals surface area contributed by atoms with Gasteiger partial charge in [0.05, 0.1) is 11.2 Å². The van der Waals surface area contributed by atoms with Crippen LogP contribution in [0.25, 0.3) is 17.0 Å². The monoisotopic (exact) mass is 381 g/mol. The van der Waals surface area contributed by atoms with Crippen LogP contribution in [0, 0.1) is 0 Å². The van der Waals surface area contributed by atoms with Crippen molar-refractivity contribution in [3.63, 3.8) is 0 Å². The number of hydrogen-bond acceptors (Lipinski definition) is 5. The van der Waals surface area contributed by atoms with E-state index < -0.39 is 18.0 Å². The first-order valence-electron chi connectivity index (χ1n) is 8.18. The Kier molecular flexibility index (Phi) is 5.78. The maximum Gasteiger partial charge on any atom is 0.331 e. The number of halogens is 1. The molecule has 1 atom stereocenters. The molecule has 6 nitrogen and oxygen atoms in total. The molecule has 0 aliphatic carbocycles. The van der Waals surface area contributed by atoms with Gasteiger partial charge >= 0.3 is 5.97 Å². The molecule has 0 bridgehead atoms. The lowest BCUT2D eigenvalue weighted by Gasteiger charge is -2.12. The number of nitrogens with one attached hydrogen (secondary N) is 1. The van der Waals surface area contributed by atoms with Crippen molar-refractivity contribution < 1.29 is 14.3 Å². The van der Waals surface area contributed by atoms with Crippen molar-refractivity contribution in [1.29, 1.82) is 0 Å². The molecular formula is C20H16ClN3O3. The SMILES string of the molecule is C[C@@H](OC(=O)/C=C/c1cccc2cccnc12)C(=O)Nc1cccnc1Cl. The molecule has 1 aromatic carbocycles. The fraction of sp³-hybridized carbons (Fsp3) is 0.100. The molecule has 0 saturated heterocycles. The molecule has 2 heterocycles. The molecule has 0 radical (unpaired) electrons. The van der Waals surface area contributed by atoms with Gasteiger partial charge in [-0.05, 0) is 31.2 Å². The van der Waals surface area contributed by atoms with Gasteiger partial charge in [0.1, 0.15) is 0 Å². The van der Waals surface area contributed by atoms with Crippen molar-refractivity contribution >= 4 is 46.1 Å². The van der Waals surface area contributed by atoms with E-state index in [0.717, 1.165) is 16.5 Å². The maximum absolute atomic E-state index is 12.1. The van der Waals surface area contributed by atoms with Crippen molar-refractivity contribution in [1.82, 2.24) is 9.97 Å². The van der Waals surface area contributed by atoms with Crippen LogP contribution >= 0.6 is 11.6 Å². The number of rotatable bonds is 5. The van der Waals surface area contributed by atoms with Crippen molar-refractivity contribution in [2.45, 2.75) is 13.0 Å². The van der Waals surface area contributed by atoms with Crippen LogP contribution in [-0.4, -0.2) is 27.9 Å². The zero-order chi connectivity index (χ0) is 19.2. The van der Waals surface area contributed by atoms with Gasteiger partial charge < -0.3 is 10.1 Å². The summed E-state index contributed by atoms with van der Waals surface area (Å²) in [4.78, 5) is 32.4. The number of ether oxygens (including phenoxy) is 1. The predicted octanol–water partition coefficient (Wildman–Crippen LogP) is 3.87. The molecule has 0 spiro atoms. The Balaban J connectivity index is 1.63. The van der Waals surface area contributed by atoms with Crippen molar-refractivity contribution in [2.75, 3.05) is 5.32 Å². The highest BCUT2D eigenvalue weighted by Crippen LogP contribution is 2.18. The number of hydrogen-bond donors (Lipinski definition) is 1. The number of carbonyl (C=O) groups is 2. The Labute approximate surface area is 160 Å². The summed E-state index contributed by atoms with van der Waals surface area (Å²) in [5.74, 6) is -1.14. The van der Waals surface area contributed by atoms with Crippen LogP contribution in [0.3, 0.4) is 0 Å². The first-order valence-corrected chi connectivity index (χ1v) is 8.56. The maximum atomic E-state index is 12.1. The fourth-order valence-corrected chi connectivity index (χ4v) is 2.57. The fourth-order valence-electron chi connectivity index (χ4n) is 2.40. The van der Waals surface area contributed by atoms with Gasteiger partial charge in [0.15, 0.2) is 11.3 Å². The number of aromatic nitrogens is 2. The second-order valence-electron chi connectivity index (χ2n) is 5.67. The molecule has 0 fully saturated rings.